The molecular weight excluding hydrogens is 350 g/mol. The molecule has 4 rings (SSSR count). The molecule has 1 saturated heterocycles. The number of likely N-dealkylation sites (N-methyl/N-ethyl adjacent to an activating group) is 1. The summed E-state index contributed by atoms with van der Waals surface area (Å²) in [5, 5.41) is 0. The highest BCUT2D eigenvalue weighted by Crippen LogP contribution is 2.52. The quantitative estimate of drug-likeness (QED) is 0.455. The number of nitrogens with zero attached hydrogens (tertiary/aromatic N) is 1. The van der Waals surface area contributed by atoms with E-state index in [1.54, 1.807) is 14.0 Å². The van der Waals surface area contributed by atoms with E-state index in [0.717, 1.165) is 24.1 Å². The molecule has 1 fully saturated rings. The van der Waals surface area contributed by atoms with Crippen LogP contribution in [0.2, 0.25) is 0 Å². The number of hydrogen-bond acceptors (Lipinski definition) is 6. The average Bonchev–Trinajstić information content (AvgIpc) is 3.23. The molecule has 3 heterocycles. The van der Waals surface area contributed by atoms with Gasteiger partial charge in [0, 0.05) is 12.8 Å². The number of rotatable bonds is 4. The molecule has 0 saturated carbocycles. The predicted molar refractivity (Wildman–Crippen MR) is 95.8 cm³/mol. The molecule has 0 N–H and O–H groups in total. The van der Waals surface area contributed by atoms with Crippen molar-refractivity contribution in [3.8, 4) is 17.2 Å². The third kappa shape index (κ3) is 2.67. The molecule has 1 aromatic carbocycles. The fraction of sp³-hybridized carbons (Fsp3) is 0.600. The van der Waals surface area contributed by atoms with Gasteiger partial charge in [0.15, 0.2) is 17.3 Å². The average molecular weight is 376 g/mol. The number of methoxy groups -OCH3 is 1. The van der Waals surface area contributed by atoms with Gasteiger partial charge in [-0.05, 0) is 18.6 Å². The third-order valence-corrected chi connectivity index (χ3v) is 6.36. The number of hydrogen-bond donors (Lipinski definition) is 0. The largest absolute Gasteiger partial charge is 0.492 e. The zero-order valence-corrected chi connectivity index (χ0v) is 16.3. The molecule has 7 heteroatoms. The van der Waals surface area contributed by atoms with Gasteiger partial charge in [0.25, 0.3) is 0 Å². The van der Waals surface area contributed by atoms with E-state index in [1.807, 2.05) is 6.07 Å². The Labute approximate surface area is 158 Å². The number of cyclic esters (lactones) is 1. The van der Waals surface area contributed by atoms with Crippen LogP contribution in [0, 0.1) is 5.41 Å². The second kappa shape index (κ2) is 6.12. The van der Waals surface area contributed by atoms with Crippen LogP contribution in [0.5, 0.6) is 17.2 Å². The van der Waals surface area contributed by atoms with Gasteiger partial charge in [0.05, 0.1) is 46.3 Å². The van der Waals surface area contributed by atoms with Crippen molar-refractivity contribution in [3.63, 3.8) is 0 Å². The van der Waals surface area contributed by atoms with E-state index < -0.39 is 11.4 Å². The standard InChI is InChI=1S/C20H26NO6/c1-20(6-8-25-19(20)23)15(22)10-13-16-12(5-7-21(13,2)3)9-14-17(18(16)24-4)27-11-26-14/h9,13H,5-8,10-11H2,1-4H3/q+1/t13-,20-/m1/s1. The first-order chi connectivity index (χ1) is 12.8. The molecule has 0 bridgehead atoms. The number of esters is 1. The van der Waals surface area contributed by atoms with Gasteiger partial charge in [0.2, 0.25) is 12.5 Å². The summed E-state index contributed by atoms with van der Waals surface area (Å²) in [5.74, 6) is 1.44. The van der Waals surface area contributed by atoms with Gasteiger partial charge >= 0.3 is 5.97 Å². The Morgan fingerprint density at radius 2 is 2.11 bits per heavy atom. The van der Waals surface area contributed by atoms with Gasteiger partial charge in [0.1, 0.15) is 11.5 Å². The molecule has 27 heavy (non-hydrogen) atoms. The highest BCUT2D eigenvalue weighted by molar-refractivity contribution is 6.04. The van der Waals surface area contributed by atoms with Crippen molar-refractivity contribution in [1.82, 2.24) is 0 Å². The van der Waals surface area contributed by atoms with E-state index in [2.05, 4.69) is 14.1 Å². The summed E-state index contributed by atoms with van der Waals surface area (Å²) in [5.41, 5.74) is 1.05. The molecule has 0 unspecified atom stereocenters. The summed E-state index contributed by atoms with van der Waals surface area (Å²) in [7, 11) is 5.83. The number of ketones is 1. The van der Waals surface area contributed by atoms with Crippen LogP contribution in [0.15, 0.2) is 6.07 Å². The molecule has 2 atom stereocenters. The van der Waals surface area contributed by atoms with E-state index in [-0.39, 0.29) is 25.0 Å². The molecule has 0 aromatic heterocycles. The summed E-state index contributed by atoms with van der Waals surface area (Å²) < 4.78 is 22.6. The molecule has 1 aromatic rings. The van der Waals surface area contributed by atoms with Crippen molar-refractivity contribution in [2.75, 3.05) is 41.1 Å². The van der Waals surface area contributed by atoms with Crippen LogP contribution in [0.25, 0.3) is 0 Å². The Kier molecular flexibility index (Phi) is 4.10. The topological polar surface area (TPSA) is 71.1 Å². The van der Waals surface area contributed by atoms with E-state index >= 15 is 0 Å². The fourth-order valence-electron chi connectivity index (χ4n) is 4.38. The lowest BCUT2D eigenvalue weighted by atomic mass is 9.78. The van der Waals surface area contributed by atoms with Crippen molar-refractivity contribution in [2.24, 2.45) is 5.41 Å². The van der Waals surface area contributed by atoms with Crippen LogP contribution in [0.1, 0.15) is 36.9 Å². The van der Waals surface area contributed by atoms with E-state index in [4.69, 9.17) is 18.9 Å². The number of Topliss-reactive ketones (excluding diaryl/α,β-unsaturated/α-hetero) is 1. The summed E-state index contributed by atoms with van der Waals surface area (Å²) in [6.07, 6.45) is 1.55. The maximum Gasteiger partial charge on any atom is 0.319 e. The van der Waals surface area contributed by atoms with Crippen LogP contribution in [-0.2, 0) is 20.7 Å². The highest BCUT2D eigenvalue weighted by Gasteiger charge is 2.50. The Hall–Kier alpha value is -2.28. The number of benzene rings is 1. The summed E-state index contributed by atoms with van der Waals surface area (Å²) in [6, 6.07) is 1.87. The minimum absolute atomic E-state index is 0.0752. The van der Waals surface area contributed by atoms with Gasteiger partial charge < -0.3 is 23.4 Å². The molecule has 7 nitrogen and oxygen atoms in total. The smallest absolute Gasteiger partial charge is 0.319 e. The molecular formula is C20H26NO6+. The Balaban J connectivity index is 1.77. The normalized spacial score (nSPS) is 27.9. The highest BCUT2D eigenvalue weighted by atomic mass is 16.7. The molecule has 0 radical (unpaired) electrons. The first kappa shape index (κ1) is 18.1. The van der Waals surface area contributed by atoms with Gasteiger partial charge in [-0.3, -0.25) is 9.59 Å². The Bertz CT molecular complexity index is 817. The Morgan fingerprint density at radius 1 is 1.33 bits per heavy atom. The second-order valence-electron chi connectivity index (χ2n) is 8.33. The zero-order valence-electron chi connectivity index (χ0n) is 16.3. The monoisotopic (exact) mass is 376 g/mol. The SMILES string of the molecule is COc1c2c(cc3c1[C@@H](CC(=O)[C@@]1(C)CCOC1=O)[N+](C)(C)CC3)OCO2. The molecule has 146 valence electrons. The minimum atomic E-state index is -1.05. The number of fused-ring (bicyclic) bond motifs is 2. The van der Waals surface area contributed by atoms with Crippen molar-refractivity contribution in [2.45, 2.75) is 32.2 Å². The maximum atomic E-state index is 13.2. The minimum Gasteiger partial charge on any atom is -0.492 e. The Morgan fingerprint density at radius 3 is 2.78 bits per heavy atom. The van der Waals surface area contributed by atoms with E-state index in [1.165, 1.54) is 0 Å². The van der Waals surface area contributed by atoms with Crippen LogP contribution >= 0.6 is 0 Å². The van der Waals surface area contributed by atoms with Gasteiger partial charge in [-0.25, -0.2) is 0 Å². The number of carbonyl (C=O) groups excluding carboxylic acids is 2. The van der Waals surface area contributed by atoms with Crippen molar-refractivity contribution >= 4 is 11.8 Å². The van der Waals surface area contributed by atoms with Crippen LogP contribution < -0.4 is 14.2 Å². The number of ether oxygens (including phenoxy) is 4. The first-order valence-electron chi connectivity index (χ1n) is 9.30. The van der Waals surface area contributed by atoms with Crippen molar-refractivity contribution in [1.29, 1.82) is 0 Å². The second-order valence-corrected chi connectivity index (χ2v) is 8.33. The molecule has 0 spiro atoms. The fourth-order valence-corrected chi connectivity index (χ4v) is 4.38. The van der Waals surface area contributed by atoms with Gasteiger partial charge in [-0.15, -0.1) is 0 Å². The molecule has 0 amide bonds. The van der Waals surface area contributed by atoms with Crippen LogP contribution in [0.3, 0.4) is 0 Å². The van der Waals surface area contributed by atoms with Gasteiger partial charge in [-0.1, -0.05) is 0 Å². The lowest BCUT2D eigenvalue weighted by molar-refractivity contribution is -0.922. The maximum absolute atomic E-state index is 13.2. The summed E-state index contributed by atoms with van der Waals surface area (Å²) in [6.45, 7) is 3.06. The van der Waals surface area contributed by atoms with Crippen LogP contribution in [-0.4, -0.2) is 57.4 Å². The first-order valence-corrected chi connectivity index (χ1v) is 9.30. The molecule has 0 aliphatic carbocycles. The summed E-state index contributed by atoms with van der Waals surface area (Å²) >= 11 is 0. The summed E-state index contributed by atoms with van der Waals surface area (Å²) in [4.78, 5) is 25.3. The van der Waals surface area contributed by atoms with E-state index in [0.29, 0.717) is 34.8 Å². The zero-order chi connectivity index (χ0) is 19.4. The predicted octanol–water partition coefficient (Wildman–Crippen LogP) is 2.01. The molecule has 3 aliphatic heterocycles. The van der Waals surface area contributed by atoms with Crippen molar-refractivity contribution < 1.29 is 33.0 Å². The number of carbonyl (C=O) groups is 2. The van der Waals surface area contributed by atoms with Crippen LogP contribution in [0.4, 0.5) is 0 Å². The molecule has 3 aliphatic rings. The van der Waals surface area contributed by atoms with Gasteiger partial charge in [-0.2, -0.15) is 0 Å². The third-order valence-electron chi connectivity index (χ3n) is 6.36. The van der Waals surface area contributed by atoms with Crippen molar-refractivity contribution in [3.05, 3.63) is 17.2 Å². The lowest BCUT2D eigenvalue weighted by Gasteiger charge is -2.43. The van der Waals surface area contributed by atoms with E-state index in [9.17, 15) is 9.59 Å². The number of quaternary nitrogens is 1. The lowest BCUT2D eigenvalue weighted by Crippen LogP contribution is -2.49.